The summed E-state index contributed by atoms with van der Waals surface area (Å²) in [7, 11) is 0. The molecule has 36 atom stereocenters. The molecule has 7 saturated heterocycles. The number of hydrogen-bond donors (Lipinski definition) is 25. The van der Waals surface area contributed by atoms with Gasteiger partial charge in [0.15, 0.2) is 37.7 Å². The van der Waals surface area contributed by atoms with Crippen molar-refractivity contribution in [3.8, 4) is 0 Å². The summed E-state index contributed by atoms with van der Waals surface area (Å²) < 4.78 is 75.1. The topological polar surface area (TPSA) is 678 Å². The van der Waals surface area contributed by atoms with Crippen molar-refractivity contribution in [1.82, 2.24) is 21.3 Å². The van der Waals surface area contributed by atoms with Gasteiger partial charge in [0.2, 0.25) is 23.6 Å². The van der Waals surface area contributed by atoms with Crippen LogP contribution in [0, 0.1) is 0 Å². The number of carboxylic acid groups (broad SMARTS) is 1. The maximum absolute atomic E-state index is 13.1. The Kier molecular flexibility index (Phi) is 28.2. The number of aliphatic carboxylic acids is 1. The molecule has 0 aromatic heterocycles. The highest BCUT2D eigenvalue weighted by Crippen LogP contribution is 2.41. The van der Waals surface area contributed by atoms with E-state index in [2.05, 4.69) is 21.3 Å². The minimum Gasteiger partial charge on any atom is -0.477 e. The van der Waals surface area contributed by atoms with Crippen LogP contribution in [0.5, 0.6) is 0 Å². The number of carboxylic acids is 1. The zero-order valence-electron chi connectivity index (χ0n) is 51.6. The van der Waals surface area contributed by atoms with Crippen molar-refractivity contribution in [2.45, 2.75) is 254 Å². The highest BCUT2D eigenvalue weighted by molar-refractivity contribution is 5.77. The Labute approximate surface area is 543 Å². The van der Waals surface area contributed by atoms with E-state index in [0.29, 0.717) is 0 Å². The molecule has 0 aromatic carbocycles. The fourth-order valence-corrected chi connectivity index (χ4v) is 12.3. The van der Waals surface area contributed by atoms with Gasteiger partial charge >= 0.3 is 5.97 Å². The quantitative estimate of drug-likeness (QED) is 0.0382. The first-order valence-corrected chi connectivity index (χ1v) is 30.2. The van der Waals surface area contributed by atoms with Crippen molar-refractivity contribution < 1.29 is 193 Å². The standard InChI is InChI=1S/C53H88N4O39/c1-13(65)54-25-17(69)5-53(52(82)83,95-42(25)29(71)18(70)6-58)96-45-32(74)21(9-61)87-51(38(45)80)92-41-24(12-64)89-48(28(35(41)77)57-16(4)68)94-44-31(73)20(8-60)86-50(37(44)79)91-40-23(11-63)88-47(27(34(40)76)56-15(3)67)93-43-30(72)19(7-59)85-49(36(43)78)90-39-22(10-62)84-46(81)26(33(39)75)55-14(2)66/h17-51,58-64,69-81H,5-12H2,1-4H3,(H,54,65)(H,55,66)(H,56,67)(H,57,68)(H,82,83)/t17-,18+,19+,20+,21+,22+,23+,24+,25+,26+,27+,28+,29+,30-,31-,32-,33+,34+,35+,36+,37+,38+,39+,40+,41+,42+,43-,44-,45-,46+,47-,48-,49-,50-,51-,53-/m0/s1. The van der Waals surface area contributed by atoms with E-state index in [4.69, 9.17) is 61.6 Å². The Morgan fingerprint density at radius 3 is 1.07 bits per heavy atom. The SMILES string of the molecule is CC(=O)N[C@@H]1[C@@H](O)[C@H](O[C@@H]2O[C@H](CO)[C@H](O)[C@H](O[C@@H]3O[C@H](CO)[C@@H](O[C@@H]4O[C@H](CO)[C@H](O)[C@H](O[C@@H]5O[C@H](CO)[C@@H](O[C@@H]6O[C@H](CO)[C@H](O)[C@H](O[C@]7(C(=O)O)C[C@H](O)[C@@H](NC(C)=O)[C@H]([C@H](O)[C@H](O)CO)O7)[C@H]6O)[C@H](O)[C@H]5NC(C)=O)[C@H]4O)[C@H](O)[C@H]3NC(C)=O)[C@H]2O)[C@@H](CO)O[C@H]1O. The summed E-state index contributed by atoms with van der Waals surface area (Å²) in [6, 6.07) is -7.10. The first kappa shape index (κ1) is 79.4. The molecule has 0 saturated carbocycles. The van der Waals surface area contributed by atoms with E-state index >= 15 is 0 Å². The number of ether oxygens (including phenoxy) is 13. The van der Waals surface area contributed by atoms with Crippen molar-refractivity contribution in [1.29, 1.82) is 0 Å². The second-order valence-electron chi connectivity index (χ2n) is 23.9. The van der Waals surface area contributed by atoms with Gasteiger partial charge in [-0.25, -0.2) is 4.79 Å². The molecule has 7 rings (SSSR count). The molecule has 7 aliphatic heterocycles. The van der Waals surface area contributed by atoms with Gasteiger partial charge in [0, 0.05) is 34.1 Å². The van der Waals surface area contributed by atoms with Crippen LogP contribution in [0.2, 0.25) is 0 Å². The van der Waals surface area contributed by atoms with Crippen LogP contribution < -0.4 is 21.3 Å². The van der Waals surface area contributed by atoms with Gasteiger partial charge in [-0.05, 0) is 0 Å². The average molecular weight is 1410 g/mol. The third-order valence-electron chi connectivity index (χ3n) is 17.1. The van der Waals surface area contributed by atoms with Crippen LogP contribution in [-0.4, -0.2) is 403 Å². The van der Waals surface area contributed by atoms with E-state index in [1.165, 1.54) is 0 Å². The van der Waals surface area contributed by atoms with Gasteiger partial charge in [0.25, 0.3) is 5.79 Å². The lowest BCUT2D eigenvalue weighted by Crippen LogP contribution is -2.71. The van der Waals surface area contributed by atoms with E-state index in [9.17, 15) is 131 Å². The van der Waals surface area contributed by atoms with Crippen LogP contribution in [0.4, 0.5) is 0 Å². The van der Waals surface area contributed by atoms with Crippen LogP contribution >= 0.6 is 0 Å². The van der Waals surface area contributed by atoms with Crippen molar-refractivity contribution in [2.24, 2.45) is 0 Å². The molecule has 0 spiro atoms. The van der Waals surface area contributed by atoms with Gasteiger partial charge in [0.1, 0.15) is 165 Å². The van der Waals surface area contributed by atoms with Gasteiger partial charge in [-0.1, -0.05) is 0 Å². The smallest absolute Gasteiger partial charge is 0.364 e. The molecular weight excluding hydrogens is 1320 g/mol. The Hall–Kier alpha value is -3.97. The van der Waals surface area contributed by atoms with E-state index in [-0.39, 0.29) is 0 Å². The van der Waals surface area contributed by atoms with Crippen LogP contribution in [0.15, 0.2) is 0 Å². The Morgan fingerprint density at radius 1 is 0.406 bits per heavy atom. The van der Waals surface area contributed by atoms with E-state index in [1.54, 1.807) is 0 Å². The maximum atomic E-state index is 13.1. The summed E-state index contributed by atoms with van der Waals surface area (Å²) in [5, 5.41) is 240. The predicted octanol–water partition coefficient (Wildman–Crippen LogP) is -16.5. The molecule has 7 fully saturated rings. The molecule has 0 bridgehead atoms. The van der Waals surface area contributed by atoms with Crippen LogP contribution in [-0.2, 0) is 85.6 Å². The highest BCUT2D eigenvalue weighted by Gasteiger charge is 2.62. The largest absolute Gasteiger partial charge is 0.477 e. The second-order valence-corrected chi connectivity index (χ2v) is 23.9. The molecule has 0 radical (unpaired) electrons. The van der Waals surface area contributed by atoms with Gasteiger partial charge in [-0.2, -0.15) is 0 Å². The number of amides is 4. The number of hydrogen-bond acceptors (Lipinski definition) is 38. The number of carbonyl (C=O) groups excluding carboxylic acids is 4. The first-order chi connectivity index (χ1) is 45.2. The molecule has 0 unspecified atom stereocenters. The molecule has 7 aliphatic rings. The molecule has 43 nitrogen and oxygen atoms in total. The lowest BCUT2D eigenvalue weighted by molar-refractivity contribution is -0.391. The van der Waals surface area contributed by atoms with E-state index in [0.717, 1.165) is 27.7 Å². The summed E-state index contributed by atoms with van der Waals surface area (Å²) in [5.41, 5.74) is 0. The number of aliphatic hydroxyl groups excluding tert-OH is 20. The summed E-state index contributed by atoms with van der Waals surface area (Å²) in [4.78, 5) is 62.7. The second kappa shape index (κ2) is 34.1. The number of aliphatic hydroxyl groups is 20. The molecule has 554 valence electrons. The fourth-order valence-electron chi connectivity index (χ4n) is 12.3. The average Bonchev–Trinajstić information content (AvgIpc) is 0.763. The molecule has 25 N–H and O–H groups in total. The zero-order chi connectivity index (χ0) is 71.3. The van der Waals surface area contributed by atoms with E-state index < -0.39 is 303 Å². The number of rotatable bonds is 26. The van der Waals surface area contributed by atoms with E-state index in [1.807, 2.05) is 0 Å². The molecule has 43 heteroatoms. The summed E-state index contributed by atoms with van der Waals surface area (Å²) in [6.45, 7) is -3.80. The third-order valence-corrected chi connectivity index (χ3v) is 17.1. The minimum atomic E-state index is -3.23. The summed E-state index contributed by atoms with van der Waals surface area (Å²) in [6.07, 6.45) is -65.0. The Bertz CT molecular complexity index is 2540. The third kappa shape index (κ3) is 17.3. The lowest BCUT2D eigenvalue weighted by atomic mass is 9.88. The van der Waals surface area contributed by atoms with Crippen molar-refractivity contribution in [3.63, 3.8) is 0 Å². The van der Waals surface area contributed by atoms with Crippen molar-refractivity contribution in [3.05, 3.63) is 0 Å². The van der Waals surface area contributed by atoms with Gasteiger partial charge in [0.05, 0.1) is 58.4 Å². The monoisotopic (exact) mass is 1400 g/mol. The minimum absolute atomic E-state index is 0.740. The van der Waals surface area contributed by atoms with Crippen molar-refractivity contribution in [2.75, 3.05) is 46.2 Å². The van der Waals surface area contributed by atoms with Gasteiger partial charge < -0.3 is 190 Å². The Morgan fingerprint density at radius 2 is 0.719 bits per heavy atom. The highest BCUT2D eigenvalue weighted by atomic mass is 16.8. The zero-order valence-corrected chi connectivity index (χ0v) is 51.6. The van der Waals surface area contributed by atoms with Crippen LogP contribution in [0.3, 0.4) is 0 Å². The summed E-state index contributed by atoms with van der Waals surface area (Å²) >= 11 is 0. The molecule has 4 amide bonds. The molecular formula is C53H88N4O39. The van der Waals surface area contributed by atoms with Crippen LogP contribution in [0.25, 0.3) is 0 Å². The normalized spacial score (nSPS) is 46.0. The number of nitrogens with one attached hydrogen (secondary N) is 4. The predicted molar refractivity (Wildman–Crippen MR) is 295 cm³/mol. The molecule has 96 heavy (non-hydrogen) atoms. The fraction of sp³-hybridized carbons (Fsp3) is 0.906. The molecule has 0 aliphatic carbocycles. The molecule has 7 heterocycles. The number of carbonyl (C=O) groups is 5. The van der Waals surface area contributed by atoms with Crippen LogP contribution in [0.1, 0.15) is 34.1 Å². The first-order valence-electron chi connectivity index (χ1n) is 30.2. The lowest BCUT2D eigenvalue weighted by Gasteiger charge is -2.51. The van der Waals surface area contributed by atoms with Crippen molar-refractivity contribution >= 4 is 29.6 Å². The summed E-state index contributed by atoms with van der Waals surface area (Å²) in [5.74, 6) is -8.80. The Balaban J connectivity index is 1.10. The maximum Gasteiger partial charge on any atom is 0.364 e. The van der Waals surface area contributed by atoms with Gasteiger partial charge in [-0.15, -0.1) is 0 Å². The molecule has 0 aromatic rings. The van der Waals surface area contributed by atoms with Gasteiger partial charge in [-0.3, -0.25) is 19.2 Å².